The molecule has 7 aromatic carbocycles. The van der Waals surface area contributed by atoms with E-state index in [4.69, 9.17) is 4.74 Å². The molecule has 0 radical (unpaired) electrons. The SMILES string of the molecule is CC[C@H](C)[C@@H]1NC(=O)[C@H](CSC(c2ccccc2)(c2ccccc2)c2ccccc2)NC(=O)CNC(=O)[C@H](COC(C)(C)C)NC(=O)[C@H](Cc2ccccc2)NC(=O)[C@H](CSC(c2ccccc2)(c2ccccc2)c2ccccc2)NC1=O. The first-order valence-electron chi connectivity index (χ1n) is 28.2. The van der Waals surface area contributed by atoms with E-state index in [0.717, 1.165) is 33.4 Å². The summed E-state index contributed by atoms with van der Waals surface area (Å²) in [6.07, 6.45) is 0.454. The van der Waals surface area contributed by atoms with Gasteiger partial charge in [0.05, 0.1) is 28.2 Å². The topological polar surface area (TPSA) is 184 Å². The summed E-state index contributed by atoms with van der Waals surface area (Å²) in [7, 11) is 0. The lowest BCUT2D eigenvalue weighted by Crippen LogP contribution is -2.62. The van der Waals surface area contributed by atoms with Gasteiger partial charge in [-0.25, -0.2) is 0 Å². The number of hydrogen-bond donors (Lipinski definition) is 6. The van der Waals surface area contributed by atoms with Crippen molar-refractivity contribution >= 4 is 59.0 Å². The number of ether oxygens (including phenoxy) is 1. The second-order valence-electron chi connectivity index (χ2n) is 21.7. The summed E-state index contributed by atoms with van der Waals surface area (Å²) in [5.41, 5.74) is 5.50. The van der Waals surface area contributed by atoms with Gasteiger partial charge in [0.25, 0.3) is 0 Å². The van der Waals surface area contributed by atoms with Crippen LogP contribution >= 0.6 is 23.5 Å². The molecule has 6 atom stereocenters. The molecular weight excluding hydrogens is 1080 g/mol. The van der Waals surface area contributed by atoms with Gasteiger partial charge in [-0.15, -0.1) is 23.5 Å². The van der Waals surface area contributed by atoms with E-state index in [1.165, 1.54) is 23.5 Å². The van der Waals surface area contributed by atoms with Crippen molar-refractivity contribution in [3.05, 3.63) is 251 Å². The van der Waals surface area contributed by atoms with Crippen LogP contribution in [0.15, 0.2) is 212 Å². The van der Waals surface area contributed by atoms with Crippen LogP contribution in [-0.2, 0) is 49.4 Å². The number of amides is 6. The van der Waals surface area contributed by atoms with Crippen LogP contribution in [0.2, 0.25) is 0 Å². The van der Waals surface area contributed by atoms with Crippen LogP contribution in [0.4, 0.5) is 0 Å². The van der Waals surface area contributed by atoms with Crippen molar-refractivity contribution in [2.45, 2.75) is 92.8 Å². The standard InChI is InChI=1S/C68H74N6O7S2/c1-6-47(2)60-65(80)73-58(46-83-68(52-36-22-11-23-37-52,53-38-24-12-25-39-53)54-40-26-13-27-41-54)63(78)71-55(42-48-28-14-7-15-29-48)62(77)72-56(44-81-66(3,4)5)61(76)69-43-59(75)70-57(64(79)74-60)45-82-67(49-30-16-8-17-31-49,50-32-18-9-19-33-50)51-34-20-10-21-35-51/h7-41,47,55-58,60H,6,42-46H2,1-5H3,(H,69,76)(H,70,75)(H,71,78)(H,72,77)(H,73,80)(H,74,79)/t47-,55-,56-,57-,58-,60-/m0/s1. The molecule has 0 aromatic heterocycles. The molecule has 1 fully saturated rings. The van der Waals surface area contributed by atoms with E-state index in [2.05, 4.69) is 31.9 Å². The molecule has 1 heterocycles. The number of hydrogen-bond acceptors (Lipinski definition) is 9. The Balaban J connectivity index is 1.23. The smallest absolute Gasteiger partial charge is 0.245 e. The average molecular weight is 1150 g/mol. The van der Waals surface area contributed by atoms with Gasteiger partial charge >= 0.3 is 0 Å². The summed E-state index contributed by atoms with van der Waals surface area (Å²) in [4.78, 5) is 89.9. The summed E-state index contributed by atoms with van der Waals surface area (Å²) < 4.78 is 4.26. The van der Waals surface area contributed by atoms with E-state index < -0.39 is 93.2 Å². The molecule has 1 aliphatic heterocycles. The summed E-state index contributed by atoms with van der Waals surface area (Å²) >= 11 is 2.89. The van der Waals surface area contributed by atoms with Gasteiger partial charge in [0.1, 0.15) is 30.2 Å². The molecular formula is C68H74N6O7S2. The van der Waals surface area contributed by atoms with E-state index in [1.54, 1.807) is 0 Å². The van der Waals surface area contributed by atoms with Crippen LogP contribution in [0, 0.1) is 5.92 Å². The first-order valence-corrected chi connectivity index (χ1v) is 30.2. The van der Waals surface area contributed by atoms with Gasteiger partial charge in [-0.3, -0.25) is 28.8 Å². The molecule has 83 heavy (non-hydrogen) atoms. The van der Waals surface area contributed by atoms with E-state index in [0.29, 0.717) is 12.0 Å². The molecule has 13 nitrogen and oxygen atoms in total. The quantitative estimate of drug-likeness (QED) is 0.0457. The molecule has 0 spiro atoms. The summed E-state index contributed by atoms with van der Waals surface area (Å²) in [6.45, 7) is 8.31. The second-order valence-corrected chi connectivity index (χ2v) is 24.2. The molecule has 8 rings (SSSR count). The summed E-state index contributed by atoms with van der Waals surface area (Å²) in [5.74, 6) is -4.61. The third kappa shape index (κ3) is 15.6. The Bertz CT molecular complexity index is 3040. The van der Waals surface area contributed by atoms with E-state index >= 15 is 14.4 Å². The highest BCUT2D eigenvalue weighted by Gasteiger charge is 2.42. The maximum atomic E-state index is 15.5. The Hall–Kier alpha value is -7.98. The van der Waals surface area contributed by atoms with E-state index in [1.807, 2.05) is 247 Å². The Morgan fingerprint density at radius 3 is 1.16 bits per heavy atom. The van der Waals surface area contributed by atoms with Crippen molar-refractivity contribution in [2.75, 3.05) is 24.7 Å². The highest BCUT2D eigenvalue weighted by atomic mass is 32.2. The number of carbonyl (C=O) groups is 6. The number of rotatable bonds is 18. The summed E-state index contributed by atoms with van der Waals surface area (Å²) in [5, 5.41) is 17.6. The Morgan fingerprint density at radius 2 is 0.771 bits per heavy atom. The molecule has 6 N–H and O–H groups in total. The van der Waals surface area contributed by atoms with Crippen molar-refractivity contribution in [1.82, 2.24) is 31.9 Å². The van der Waals surface area contributed by atoms with Crippen LogP contribution in [-0.4, -0.2) is 95.9 Å². The fourth-order valence-electron chi connectivity index (χ4n) is 10.2. The molecule has 1 saturated heterocycles. The minimum absolute atomic E-state index is 0.0101. The van der Waals surface area contributed by atoms with E-state index in [9.17, 15) is 14.4 Å². The molecule has 7 aromatic rings. The van der Waals surface area contributed by atoms with Crippen LogP contribution in [0.5, 0.6) is 0 Å². The molecule has 0 saturated carbocycles. The molecule has 15 heteroatoms. The lowest BCUT2D eigenvalue weighted by molar-refractivity contribution is -0.137. The van der Waals surface area contributed by atoms with Crippen LogP contribution in [0.25, 0.3) is 0 Å². The molecule has 1 aliphatic rings. The van der Waals surface area contributed by atoms with Crippen LogP contribution < -0.4 is 31.9 Å². The molecule has 0 unspecified atom stereocenters. The van der Waals surface area contributed by atoms with Gasteiger partial charge in [-0.1, -0.05) is 233 Å². The molecule has 0 aliphatic carbocycles. The summed E-state index contributed by atoms with van der Waals surface area (Å²) in [6, 6.07) is 62.3. The predicted octanol–water partition coefficient (Wildman–Crippen LogP) is 9.09. The first-order chi connectivity index (χ1) is 40.1. The third-order valence-corrected chi connectivity index (χ3v) is 18.0. The minimum atomic E-state index is -1.34. The van der Waals surface area contributed by atoms with Crippen molar-refractivity contribution in [3.63, 3.8) is 0 Å². The number of thioether (sulfide) groups is 2. The number of carbonyl (C=O) groups excluding carboxylic acids is 6. The number of nitrogens with one attached hydrogen (secondary N) is 6. The van der Waals surface area contributed by atoms with Crippen molar-refractivity contribution in [3.8, 4) is 0 Å². The fourth-order valence-corrected chi connectivity index (χ4v) is 13.3. The van der Waals surface area contributed by atoms with Gasteiger partial charge in [0.15, 0.2) is 0 Å². The van der Waals surface area contributed by atoms with Gasteiger partial charge < -0.3 is 36.6 Å². The predicted molar refractivity (Wildman–Crippen MR) is 331 cm³/mol. The lowest BCUT2D eigenvalue weighted by atomic mass is 9.84. The van der Waals surface area contributed by atoms with E-state index in [-0.39, 0.29) is 24.5 Å². The second kappa shape index (κ2) is 28.8. The highest BCUT2D eigenvalue weighted by Crippen LogP contribution is 2.50. The first kappa shape index (κ1) is 61.1. The Labute approximate surface area is 496 Å². The van der Waals surface area contributed by atoms with Crippen LogP contribution in [0.3, 0.4) is 0 Å². The van der Waals surface area contributed by atoms with Gasteiger partial charge in [-0.2, -0.15) is 0 Å². The third-order valence-electron chi connectivity index (χ3n) is 14.7. The van der Waals surface area contributed by atoms with Crippen molar-refractivity contribution < 1.29 is 33.5 Å². The van der Waals surface area contributed by atoms with Crippen molar-refractivity contribution in [2.24, 2.45) is 5.92 Å². The van der Waals surface area contributed by atoms with Crippen molar-refractivity contribution in [1.29, 1.82) is 0 Å². The fraction of sp³-hybridized carbons (Fsp3) is 0.294. The van der Waals surface area contributed by atoms with Gasteiger partial charge in [0, 0.05) is 17.9 Å². The largest absolute Gasteiger partial charge is 0.373 e. The lowest BCUT2D eigenvalue weighted by Gasteiger charge is -2.37. The van der Waals surface area contributed by atoms with Crippen LogP contribution in [0.1, 0.15) is 80.0 Å². The Kier molecular flexibility index (Phi) is 21.2. The average Bonchev–Trinajstić information content (AvgIpc) is 2.91. The zero-order valence-electron chi connectivity index (χ0n) is 47.6. The minimum Gasteiger partial charge on any atom is -0.373 e. The molecule has 430 valence electrons. The molecule has 0 bridgehead atoms. The molecule has 6 amide bonds. The zero-order valence-corrected chi connectivity index (χ0v) is 49.2. The zero-order chi connectivity index (χ0) is 58.8. The van der Waals surface area contributed by atoms with Gasteiger partial charge in [0.2, 0.25) is 35.4 Å². The monoisotopic (exact) mass is 1150 g/mol. The maximum absolute atomic E-state index is 15.5. The highest BCUT2D eigenvalue weighted by molar-refractivity contribution is 8.01. The normalized spacial score (nSPS) is 19.3. The Morgan fingerprint density at radius 1 is 0.434 bits per heavy atom. The number of benzene rings is 7. The maximum Gasteiger partial charge on any atom is 0.245 e. The van der Waals surface area contributed by atoms with Gasteiger partial charge in [-0.05, 0) is 65.6 Å².